The second kappa shape index (κ2) is 7.77. The molecule has 8 nitrogen and oxygen atoms in total. The lowest BCUT2D eigenvalue weighted by atomic mass is 10.1. The van der Waals surface area contributed by atoms with Gasteiger partial charge in [-0.2, -0.15) is 5.10 Å². The third-order valence-electron chi connectivity index (χ3n) is 4.62. The molecule has 4 rings (SSSR count). The van der Waals surface area contributed by atoms with Crippen LogP contribution in [0.15, 0.2) is 48.8 Å². The Balaban J connectivity index is 1.49. The molecule has 0 aromatic carbocycles. The molecule has 4 heterocycles. The number of hydrogen-bond donors (Lipinski definition) is 1. The molecule has 1 N–H and O–H groups in total. The van der Waals surface area contributed by atoms with Crippen LogP contribution in [0.1, 0.15) is 27.8 Å². The van der Waals surface area contributed by atoms with Gasteiger partial charge in [-0.15, -0.1) is 0 Å². The second-order valence-corrected chi connectivity index (χ2v) is 6.70. The summed E-state index contributed by atoms with van der Waals surface area (Å²) in [6, 6.07) is 11.4. The Bertz CT molecular complexity index is 972. The van der Waals surface area contributed by atoms with E-state index >= 15 is 0 Å². The van der Waals surface area contributed by atoms with Gasteiger partial charge in [0.2, 0.25) is 0 Å². The Morgan fingerprint density at radius 1 is 1.21 bits per heavy atom. The SMILES string of the molecule is Cc1nn(C)cc1C(=O)N1CCO[C@H](c2cccc(Nc3ccccn3)n2)C1. The summed E-state index contributed by atoms with van der Waals surface area (Å²) in [6.07, 6.45) is 3.21. The molecule has 1 aliphatic rings. The summed E-state index contributed by atoms with van der Waals surface area (Å²) >= 11 is 0. The van der Waals surface area contributed by atoms with Crippen molar-refractivity contribution >= 4 is 17.5 Å². The van der Waals surface area contributed by atoms with Crippen LogP contribution in [-0.4, -0.2) is 50.3 Å². The lowest BCUT2D eigenvalue weighted by Crippen LogP contribution is -2.42. The highest BCUT2D eigenvalue weighted by molar-refractivity contribution is 5.95. The summed E-state index contributed by atoms with van der Waals surface area (Å²) in [7, 11) is 1.82. The van der Waals surface area contributed by atoms with Gasteiger partial charge in [0.15, 0.2) is 0 Å². The van der Waals surface area contributed by atoms with E-state index in [9.17, 15) is 4.79 Å². The lowest BCUT2D eigenvalue weighted by Gasteiger charge is -2.32. The van der Waals surface area contributed by atoms with E-state index < -0.39 is 0 Å². The number of aromatic nitrogens is 4. The van der Waals surface area contributed by atoms with Crippen molar-refractivity contribution in [1.82, 2.24) is 24.6 Å². The number of carbonyl (C=O) groups excluding carboxylic acids is 1. The Labute approximate surface area is 163 Å². The standard InChI is InChI=1S/C20H22N6O2/c1-14-15(12-25(2)24-14)20(27)26-10-11-28-17(13-26)16-6-5-8-19(22-16)23-18-7-3-4-9-21-18/h3-9,12,17H,10-11,13H2,1-2H3,(H,21,22,23)/t17-/m0/s1. The predicted molar refractivity (Wildman–Crippen MR) is 104 cm³/mol. The fourth-order valence-corrected chi connectivity index (χ4v) is 3.26. The third kappa shape index (κ3) is 3.86. The smallest absolute Gasteiger partial charge is 0.257 e. The minimum Gasteiger partial charge on any atom is -0.368 e. The lowest BCUT2D eigenvalue weighted by molar-refractivity contribution is -0.0246. The number of anilines is 2. The zero-order valence-electron chi connectivity index (χ0n) is 15.9. The second-order valence-electron chi connectivity index (χ2n) is 6.70. The molecule has 28 heavy (non-hydrogen) atoms. The van der Waals surface area contributed by atoms with E-state index in [2.05, 4.69) is 20.4 Å². The summed E-state index contributed by atoms with van der Waals surface area (Å²) < 4.78 is 7.56. The number of pyridine rings is 2. The molecule has 1 aliphatic heterocycles. The summed E-state index contributed by atoms with van der Waals surface area (Å²) in [5.41, 5.74) is 2.14. The summed E-state index contributed by atoms with van der Waals surface area (Å²) in [5.74, 6) is 1.38. The fourth-order valence-electron chi connectivity index (χ4n) is 3.26. The number of nitrogens with zero attached hydrogens (tertiary/aromatic N) is 5. The first kappa shape index (κ1) is 18.1. The van der Waals surface area contributed by atoms with Crippen LogP contribution in [0.4, 0.5) is 11.6 Å². The third-order valence-corrected chi connectivity index (χ3v) is 4.62. The maximum Gasteiger partial charge on any atom is 0.257 e. The van der Waals surface area contributed by atoms with Crippen LogP contribution in [0.3, 0.4) is 0 Å². The predicted octanol–water partition coefficient (Wildman–Crippen LogP) is 2.48. The zero-order valence-corrected chi connectivity index (χ0v) is 15.9. The van der Waals surface area contributed by atoms with Crippen LogP contribution in [-0.2, 0) is 11.8 Å². The molecule has 8 heteroatoms. The van der Waals surface area contributed by atoms with Gasteiger partial charge >= 0.3 is 0 Å². The van der Waals surface area contributed by atoms with E-state index in [0.29, 0.717) is 31.1 Å². The largest absolute Gasteiger partial charge is 0.368 e. The van der Waals surface area contributed by atoms with E-state index in [1.165, 1.54) is 0 Å². The quantitative estimate of drug-likeness (QED) is 0.751. The van der Waals surface area contributed by atoms with Gasteiger partial charge in [0.05, 0.1) is 30.1 Å². The monoisotopic (exact) mass is 378 g/mol. The van der Waals surface area contributed by atoms with Crippen molar-refractivity contribution in [2.45, 2.75) is 13.0 Å². The Hall–Kier alpha value is -3.26. The number of amides is 1. The van der Waals surface area contributed by atoms with Gasteiger partial charge in [0, 0.05) is 26.0 Å². The zero-order chi connectivity index (χ0) is 19.5. The maximum atomic E-state index is 12.9. The maximum absolute atomic E-state index is 12.9. The van der Waals surface area contributed by atoms with E-state index in [4.69, 9.17) is 4.74 Å². The number of nitrogens with one attached hydrogen (secondary N) is 1. The molecule has 0 spiro atoms. The Morgan fingerprint density at radius 2 is 2.07 bits per heavy atom. The average molecular weight is 378 g/mol. The fraction of sp³-hybridized carbons (Fsp3) is 0.300. The van der Waals surface area contributed by atoms with Crippen LogP contribution in [0.5, 0.6) is 0 Å². The van der Waals surface area contributed by atoms with Crippen LogP contribution in [0.25, 0.3) is 0 Å². The van der Waals surface area contributed by atoms with Gasteiger partial charge in [-0.1, -0.05) is 12.1 Å². The van der Waals surface area contributed by atoms with Crippen LogP contribution in [0, 0.1) is 6.92 Å². The number of aryl methyl sites for hydroxylation is 2. The Morgan fingerprint density at radius 3 is 2.82 bits per heavy atom. The van der Waals surface area contributed by atoms with E-state index in [-0.39, 0.29) is 12.0 Å². The average Bonchev–Trinajstić information content (AvgIpc) is 3.06. The molecule has 144 valence electrons. The van der Waals surface area contributed by atoms with Crippen molar-refractivity contribution in [3.8, 4) is 0 Å². The van der Waals surface area contributed by atoms with E-state index in [0.717, 1.165) is 17.2 Å². The number of rotatable bonds is 4. The van der Waals surface area contributed by atoms with Crippen molar-refractivity contribution in [1.29, 1.82) is 0 Å². The van der Waals surface area contributed by atoms with Gasteiger partial charge < -0.3 is 15.0 Å². The van der Waals surface area contributed by atoms with Crippen molar-refractivity contribution in [2.75, 3.05) is 25.0 Å². The van der Waals surface area contributed by atoms with Crippen molar-refractivity contribution in [2.24, 2.45) is 7.05 Å². The van der Waals surface area contributed by atoms with Crippen molar-refractivity contribution in [3.05, 3.63) is 65.7 Å². The van der Waals surface area contributed by atoms with Crippen LogP contribution >= 0.6 is 0 Å². The number of carbonyl (C=O) groups is 1. The summed E-state index contributed by atoms with van der Waals surface area (Å²) in [4.78, 5) is 23.6. The number of ether oxygens (including phenoxy) is 1. The molecule has 0 unspecified atom stereocenters. The highest BCUT2D eigenvalue weighted by Crippen LogP contribution is 2.24. The molecule has 0 aliphatic carbocycles. The first-order chi connectivity index (χ1) is 13.6. The molecule has 1 fully saturated rings. The normalized spacial score (nSPS) is 16.8. The van der Waals surface area contributed by atoms with E-state index in [1.807, 2.05) is 50.4 Å². The van der Waals surface area contributed by atoms with Gasteiger partial charge in [0.25, 0.3) is 5.91 Å². The molecule has 0 bridgehead atoms. The number of hydrogen-bond acceptors (Lipinski definition) is 6. The van der Waals surface area contributed by atoms with Crippen LogP contribution < -0.4 is 5.32 Å². The first-order valence-electron chi connectivity index (χ1n) is 9.16. The molecule has 1 amide bonds. The highest BCUT2D eigenvalue weighted by atomic mass is 16.5. The number of morpholine rings is 1. The van der Waals surface area contributed by atoms with Crippen molar-refractivity contribution in [3.63, 3.8) is 0 Å². The van der Waals surface area contributed by atoms with Gasteiger partial charge in [-0.05, 0) is 31.2 Å². The molecular formula is C20H22N6O2. The van der Waals surface area contributed by atoms with Gasteiger partial charge in [0.1, 0.15) is 17.7 Å². The topological polar surface area (TPSA) is 85.2 Å². The summed E-state index contributed by atoms with van der Waals surface area (Å²) in [5, 5.41) is 7.45. The Kier molecular flexibility index (Phi) is 5.03. The molecule has 1 saturated heterocycles. The van der Waals surface area contributed by atoms with E-state index in [1.54, 1.807) is 22.0 Å². The van der Waals surface area contributed by atoms with Gasteiger partial charge in [-0.3, -0.25) is 9.48 Å². The molecular weight excluding hydrogens is 356 g/mol. The van der Waals surface area contributed by atoms with Gasteiger partial charge in [-0.25, -0.2) is 9.97 Å². The molecule has 3 aromatic rings. The minimum absolute atomic E-state index is 0.0262. The highest BCUT2D eigenvalue weighted by Gasteiger charge is 2.28. The van der Waals surface area contributed by atoms with Crippen molar-refractivity contribution < 1.29 is 9.53 Å². The molecule has 3 aromatic heterocycles. The minimum atomic E-state index is -0.278. The molecule has 0 radical (unpaired) electrons. The first-order valence-corrected chi connectivity index (χ1v) is 9.16. The molecule has 0 saturated carbocycles. The van der Waals surface area contributed by atoms with Crippen LogP contribution in [0.2, 0.25) is 0 Å². The molecule has 1 atom stereocenters. The summed E-state index contributed by atoms with van der Waals surface area (Å²) in [6.45, 7) is 3.32.